The van der Waals surface area contributed by atoms with E-state index in [1.165, 1.54) is 16.4 Å². The Kier molecular flexibility index (Phi) is 6.34. The Morgan fingerprint density at radius 2 is 2.00 bits per heavy atom. The molecule has 0 spiro atoms. The van der Waals surface area contributed by atoms with Crippen molar-refractivity contribution in [2.75, 3.05) is 6.16 Å². The smallest absolute Gasteiger partial charge is 0.0705 e. The van der Waals surface area contributed by atoms with Crippen LogP contribution in [0.3, 0.4) is 0 Å². The molecule has 0 N–H and O–H groups in total. The average molecular weight is 338 g/mol. The average Bonchev–Trinajstić information content (AvgIpc) is 2.90. The largest absolute Gasteiger partial charge is 0.267 e. The Bertz CT molecular complexity index is 678. The molecule has 2 nitrogen and oxygen atoms in total. The minimum atomic E-state index is 0.00974. The molecular weight excluding hydrogens is 311 g/mol. The van der Waals surface area contributed by atoms with Crippen LogP contribution in [0.1, 0.15) is 32.8 Å². The van der Waals surface area contributed by atoms with Gasteiger partial charge in [-0.3, -0.25) is 5.01 Å². The van der Waals surface area contributed by atoms with Crippen LogP contribution in [0, 0.1) is 0 Å². The first-order valence-electron chi connectivity index (χ1n) is 8.28. The van der Waals surface area contributed by atoms with Gasteiger partial charge in [0, 0.05) is 12.6 Å². The minimum absolute atomic E-state index is 0.00974. The van der Waals surface area contributed by atoms with Crippen molar-refractivity contribution in [1.29, 1.82) is 0 Å². The summed E-state index contributed by atoms with van der Waals surface area (Å²) in [7, 11) is 0.773. The lowest BCUT2D eigenvalue weighted by molar-refractivity contribution is 0.226. The molecule has 1 heterocycles. The third-order valence-electron chi connectivity index (χ3n) is 4.15. The molecule has 24 heavy (non-hydrogen) atoms. The Labute approximate surface area is 148 Å². The van der Waals surface area contributed by atoms with E-state index in [0.717, 1.165) is 26.9 Å². The van der Waals surface area contributed by atoms with Gasteiger partial charge in [-0.05, 0) is 43.4 Å². The van der Waals surface area contributed by atoms with E-state index < -0.39 is 0 Å². The van der Waals surface area contributed by atoms with Crippen molar-refractivity contribution >= 4 is 19.6 Å². The molecule has 0 radical (unpaired) electrons. The molecule has 0 saturated carbocycles. The summed E-state index contributed by atoms with van der Waals surface area (Å²) in [6, 6.07) is 8.84. The standard InChI is InChI=1S/C21H27N2P/c1-6-9-10-17(7-2)16-24-19-13-11-18(12-14-19)20-15-21(4,5)23(8-3)22-20/h6-14,24H,1,3,15-16H2,2,4-5H3/b10-9-,17-7+. The highest BCUT2D eigenvalue weighted by Gasteiger charge is 2.32. The van der Waals surface area contributed by atoms with Gasteiger partial charge in [-0.2, -0.15) is 5.10 Å². The van der Waals surface area contributed by atoms with Crippen LogP contribution in [0.2, 0.25) is 0 Å². The lowest BCUT2D eigenvalue weighted by Gasteiger charge is -2.26. The molecule has 1 aliphatic heterocycles. The normalized spacial score (nSPS) is 17.7. The molecule has 0 fully saturated rings. The Morgan fingerprint density at radius 1 is 1.29 bits per heavy atom. The first-order valence-corrected chi connectivity index (χ1v) is 9.49. The quantitative estimate of drug-likeness (QED) is 0.504. The van der Waals surface area contributed by atoms with E-state index in [-0.39, 0.29) is 5.54 Å². The van der Waals surface area contributed by atoms with Gasteiger partial charge in [-0.25, -0.2) is 0 Å². The van der Waals surface area contributed by atoms with Crippen molar-refractivity contribution in [3.05, 3.63) is 79.1 Å². The second kappa shape index (κ2) is 8.26. The molecule has 3 heteroatoms. The third kappa shape index (κ3) is 4.55. The van der Waals surface area contributed by atoms with Crippen molar-refractivity contribution in [3.63, 3.8) is 0 Å². The van der Waals surface area contributed by atoms with Crippen LogP contribution in [-0.2, 0) is 0 Å². The van der Waals surface area contributed by atoms with E-state index in [1.807, 2.05) is 17.2 Å². The van der Waals surface area contributed by atoms with E-state index in [2.05, 4.69) is 75.4 Å². The summed E-state index contributed by atoms with van der Waals surface area (Å²) in [6.45, 7) is 14.0. The Balaban J connectivity index is 2.03. The number of hydrogen-bond donors (Lipinski definition) is 0. The first-order chi connectivity index (χ1) is 11.5. The van der Waals surface area contributed by atoms with Crippen molar-refractivity contribution < 1.29 is 0 Å². The summed E-state index contributed by atoms with van der Waals surface area (Å²) in [5, 5.41) is 8.03. The second-order valence-electron chi connectivity index (χ2n) is 6.45. The number of rotatable bonds is 7. The summed E-state index contributed by atoms with van der Waals surface area (Å²) in [4.78, 5) is 0. The topological polar surface area (TPSA) is 15.6 Å². The van der Waals surface area contributed by atoms with Crippen LogP contribution in [-0.4, -0.2) is 22.4 Å². The summed E-state index contributed by atoms with van der Waals surface area (Å²) in [6.07, 6.45) is 11.9. The van der Waals surface area contributed by atoms with Gasteiger partial charge in [0.15, 0.2) is 0 Å². The van der Waals surface area contributed by atoms with Crippen LogP contribution in [0.25, 0.3) is 0 Å². The number of allylic oxidation sites excluding steroid dienone is 5. The van der Waals surface area contributed by atoms with Gasteiger partial charge in [0.1, 0.15) is 0 Å². The Hall–Kier alpha value is -1.92. The van der Waals surface area contributed by atoms with Gasteiger partial charge in [-0.1, -0.05) is 70.3 Å². The maximum absolute atomic E-state index is 4.69. The molecule has 126 valence electrons. The van der Waals surface area contributed by atoms with Gasteiger partial charge in [0.25, 0.3) is 0 Å². The van der Waals surface area contributed by atoms with Gasteiger partial charge >= 0.3 is 0 Å². The molecule has 0 aromatic heterocycles. The molecule has 1 aromatic carbocycles. The molecule has 0 saturated heterocycles. The van der Waals surface area contributed by atoms with E-state index in [9.17, 15) is 0 Å². The van der Waals surface area contributed by atoms with Crippen LogP contribution in [0.15, 0.2) is 78.6 Å². The number of hydrazone groups is 1. The van der Waals surface area contributed by atoms with Crippen molar-refractivity contribution in [3.8, 4) is 0 Å². The molecule has 1 aromatic rings. The SMILES string of the molecule is C=C/C=C\C(=C/C)CPc1ccc(C2=NN(C=C)C(C)(C)C2)cc1. The minimum Gasteiger partial charge on any atom is -0.267 e. The molecular formula is C21H27N2P. The van der Waals surface area contributed by atoms with Crippen molar-refractivity contribution in [2.24, 2.45) is 5.10 Å². The van der Waals surface area contributed by atoms with Gasteiger partial charge in [-0.15, -0.1) is 0 Å². The molecule has 0 amide bonds. The number of hydrogen-bond acceptors (Lipinski definition) is 2. The molecule has 1 aliphatic rings. The zero-order chi connectivity index (χ0) is 17.6. The summed E-state index contributed by atoms with van der Waals surface area (Å²) >= 11 is 0. The highest BCUT2D eigenvalue weighted by molar-refractivity contribution is 7.47. The molecule has 1 atom stereocenters. The highest BCUT2D eigenvalue weighted by Crippen LogP contribution is 2.29. The fraction of sp³-hybridized carbons (Fsp3) is 0.286. The van der Waals surface area contributed by atoms with E-state index in [1.54, 1.807) is 6.20 Å². The van der Waals surface area contributed by atoms with Gasteiger partial charge in [0.05, 0.1) is 11.3 Å². The molecule has 1 unspecified atom stereocenters. The molecule has 0 bridgehead atoms. The van der Waals surface area contributed by atoms with Gasteiger partial charge < -0.3 is 0 Å². The van der Waals surface area contributed by atoms with Crippen molar-refractivity contribution in [2.45, 2.75) is 32.7 Å². The highest BCUT2D eigenvalue weighted by atomic mass is 31.1. The van der Waals surface area contributed by atoms with Crippen LogP contribution >= 0.6 is 8.58 Å². The zero-order valence-electron chi connectivity index (χ0n) is 14.9. The van der Waals surface area contributed by atoms with E-state index in [0.29, 0.717) is 0 Å². The number of nitrogens with zero attached hydrogens (tertiary/aromatic N) is 2. The second-order valence-corrected chi connectivity index (χ2v) is 7.74. The lowest BCUT2D eigenvalue weighted by atomic mass is 9.95. The predicted molar refractivity (Wildman–Crippen MR) is 110 cm³/mol. The van der Waals surface area contributed by atoms with Crippen LogP contribution in [0.5, 0.6) is 0 Å². The van der Waals surface area contributed by atoms with E-state index >= 15 is 0 Å². The maximum Gasteiger partial charge on any atom is 0.0705 e. The van der Waals surface area contributed by atoms with E-state index in [4.69, 9.17) is 0 Å². The zero-order valence-corrected chi connectivity index (χ0v) is 15.9. The first kappa shape index (κ1) is 18.4. The van der Waals surface area contributed by atoms with Crippen LogP contribution < -0.4 is 5.30 Å². The lowest BCUT2D eigenvalue weighted by Crippen LogP contribution is -2.32. The Morgan fingerprint density at radius 3 is 2.54 bits per heavy atom. The maximum atomic E-state index is 4.69. The molecule has 0 aliphatic carbocycles. The molecule has 2 rings (SSSR count). The van der Waals surface area contributed by atoms with Crippen molar-refractivity contribution in [1.82, 2.24) is 5.01 Å². The summed E-state index contributed by atoms with van der Waals surface area (Å²) < 4.78 is 0. The fourth-order valence-electron chi connectivity index (χ4n) is 2.67. The monoisotopic (exact) mass is 338 g/mol. The summed E-state index contributed by atoms with van der Waals surface area (Å²) in [5.74, 6) is 0. The van der Waals surface area contributed by atoms with Crippen LogP contribution in [0.4, 0.5) is 0 Å². The van der Waals surface area contributed by atoms with Gasteiger partial charge in [0.2, 0.25) is 0 Å². The third-order valence-corrected chi connectivity index (χ3v) is 5.48. The fourth-order valence-corrected chi connectivity index (χ4v) is 3.81. The summed E-state index contributed by atoms with van der Waals surface area (Å²) in [5.41, 5.74) is 3.70. The predicted octanol–water partition coefficient (Wildman–Crippen LogP) is 5.01. The number of benzene rings is 1.